The number of nitrogens with one attached hydrogen (secondary N) is 1. The van der Waals surface area contributed by atoms with Gasteiger partial charge < -0.3 is 15.8 Å². The lowest BCUT2D eigenvalue weighted by molar-refractivity contribution is -0.128. The Morgan fingerprint density at radius 2 is 2.00 bits per heavy atom. The van der Waals surface area contributed by atoms with Crippen LogP contribution in [0.15, 0.2) is 18.2 Å². The smallest absolute Gasteiger partial charge is 0.260 e. The Morgan fingerprint density at radius 3 is 2.62 bits per heavy atom. The van der Waals surface area contributed by atoms with E-state index in [1.165, 1.54) is 12.8 Å². The molecular weight excluding hydrogens is 264 g/mol. The van der Waals surface area contributed by atoms with Crippen LogP contribution in [0.5, 0.6) is 5.75 Å². The largest absolute Gasteiger partial charge is 0.481 e. The van der Waals surface area contributed by atoms with Crippen molar-refractivity contribution in [2.24, 2.45) is 5.73 Å². The highest BCUT2D eigenvalue weighted by molar-refractivity contribution is 5.81. The molecule has 1 aromatic carbocycles. The van der Waals surface area contributed by atoms with Gasteiger partial charge >= 0.3 is 0 Å². The van der Waals surface area contributed by atoms with E-state index in [0.29, 0.717) is 11.8 Å². The molecule has 1 aliphatic rings. The van der Waals surface area contributed by atoms with Crippen LogP contribution in [0.2, 0.25) is 0 Å². The molecule has 0 aliphatic heterocycles. The highest BCUT2D eigenvalue weighted by atomic mass is 16.5. The Bertz CT molecular complexity index is 494. The fourth-order valence-corrected chi connectivity index (χ4v) is 2.76. The number of carbonyl (C=O) groups excluding carboxylic acids is 1. The van der Waals surface area contributed by atoms with Gasteiger partial charge in [-0.3, -0.25) is 4.79 Å². The van der Waals surface area contributed by atoms with Crippen molar-refractivity contribution >= 4 is 5.91 Å². The SMILES string of the molecule is Cc1ccc(OC(C)C(=O)NC2CCCC2)c([C@H](C)N)c1. The maximum Gasteiger partial charge on any atom is 0.260 e. The van der Waals surface area contributed by atoms with Crippen LogP contribution in [-0.2, 0) is 4.79 Å². The second-order valence-corrected chi connectivity index (χ2v) is 6.08. The number of benzene rings is 1. The van der Waals surface area contributed by atoms with Gasteiger partial charge in [-0.1, -0.05) is 30.5 Å². The molecule has 1 unspecified atom stereocenters. The molecule has 1 aromatic rings. The maximum absolute atomic E-state index is 12.2. The zero-order valence-corrected chi connectivity index (χ0v) is 13.2. The van der Waals surface area contributed by atoms with Gasteiger partial charge in [-0.05, 0) is 39.7 Å². The summed E-state index contributed by atoms with van der Waals surface area (Å²) < 4.78 is 5.84. The number of hydrogen-bond donors (Lipinski definition) is 2. The molecule has 4 heteroatoms. The van der Waals surface area contributed by atoms with Gasteiger partial charge in [0.2, 0.25) is 0 Å². The molecular formula is C17H26N2O2. The first-order chi connectivity index (χ1) is 9.97. The van der Waals surface area contributed by atoms with Crippen LogP contribution >= 0.6 is 0 Å². The van der Waals surface area contributed by atoms with Crippen LogP contribution in [-0.4, -0.2) is 18.1 Å². The molecule has 0 heterocycles. The van der Waals surface area contributed by atoms with Gasteiger partial charge in [-0.25, -0.2) is 0 Å². The molecule has 0 bridgehead atoms. The van der Waals surface area contributed by atoms with Gasteiger partial charge in [0.15, 0.2) is 6.10 Å². The summed E-state index contributed by atoms with van der Waals surface area (Å²) in [5.41, 5.74) is 8.06. The average molecular weight is 290 g/mol. The summed E-state index contributed by atoms with van der Waals surface area (Å²) in [5.74, 6) is 0.655. The average Bonchev–Trinajstić information content (AvgIpc) is 2.93. The predicted molar refractivity (Wildman–Crippen MR) is 84.3 cm³/mol. The summed E-state index contributed by atoms with van der Waals surface area (Å²) in [4.78, 5) is 12.2. The first-order valence-corrected chi connectivity index (χ1v) is 7.80. The zero-order chi connectivity index (χ0) is 15.4. The Morgan fingerprint density at radius 1 is 1.33 bits per heavy atom. The lowest BCUT2D eigenvalue weighted by atomic mass is 10.1. The normalized spacial score (nSPS) is 18.3. The first kappa shape index (κ1) is 15.8. The minimum Gasteiger partial charge on any atom is -0.481 e. The monoisotopic (exact) mass is 290 g/mol. The van der Waals surface area contributed by atoms with E-state index < -0.39 is 6.10 Å². The van der Waals surface area contributed by atoms with Crippen LogP contribution in [0.3, 0.4) is 0 Å². The Labute approximate surface area is 127 Å². The van der Waals surface area contributed by atoms with Crippen molar-refractivity contribution in [1.29, 1.82) is 0 Å². The molecule has 2 atom stereocenters. The van der Waals surface area contributed by atoms with Gasteiger partial charge in [0.05, 0.1) is 0 Å². The number of hydrogen-bond acceptors (Lipinski definition) is 3. The highest BCUT2D eigenvalue weighted by Gasteiger charge is 2.22. The topological polar surface area (TPSA) is 64.3 Å². The zero-order valence-electron chi connectivity index (χ0n) is 13.2. The molecule has 2 rings (SSSR count). The quantitative estimate of drug-likeness (QED) is 0.876. The van der Waals surface area contributed by atoms with Crippen LogP contribution in [0.25, 0.3) is 0 Å². The van der Waals surface area contributed by atoms with Crippen molar-refractivity contribution in [2.45, 2.75) is 64.6 Å². The standard InChI is InChI=1S/C17H26N2O2/c1-11-8-9-16(15(10-11)12(2)18)21-13(3)17(20)19-14-6-4-5-7-14/h8-10,12-14H,4-7,18H2,1-3H3,(H,19,20)/t12-,13?/m0/s1. The number of nitrogens with two attached hydrogens (primary N) is 1. The number of rotatable bonds is 5. The summed E-state index contributed by atoms with van der Waals surface area (Å²) in [7, 11) is 0. The number of ether oxygens (including phenoxy) is 1. The van der Waals surface area contributed by atoms with Crippen LogP contribution in [0.1, 0.15) is 56.7 Å². The molecule has 1 aliphatic carbocycles. The second kappa shape index (κ2) is 6.94. The van der Waals surface area contributed by atoms with Gasteiger partial charge in [0.25, 0.3) is 5.91 Å². The van der Waals surface area contributed by atoms with E-state index >= 15 is 0 Å². The fraction of sp³-hybridized carbons (Fsp3) is 0.588. The number of amides is 1. The van der Waals surface area contributed by atoms with E-state index in [0.717, 1.165) is 24.0 Å². The number of aryl methyl sites for hydroxylation is 1. The minimum absolute atomic E-state index is 0.0434. The third-order valence-electron chi connectivity index (χ3n) is 4.03. The van der Waals surface area contributed by atoms with E-state index in [2.05, 4.69) is 5.32 Å². The molecule has 116 valence electrons. The highest BCUT2D eigenvalue weighted by Crippen LogP contribution is 2.26. The van der Waals surface area contributed by atoms with Gasteiger partial charge in [-0.15, -0.1) is 0 Å². The summed E-state index contributed by atoms with van der Waals surface area (Å²) in [6.45, 7) is 5.73. The van der Waals surface area contributed by atoms with Crippen molar-refractivity contribution < 1.29 is 9.53 Å². The van der Waals surface area contributed by atoms with E-state index in [9.17, 15) is 4.79 Å². The molecule has 4 nitrogen and oxygen atoms in total. The molecule has 0 saturated heterocycles. The molecule has 1 amide bonds. The minimum atomic E-state index is -0.509. The Hall–Kier alpha value is -1.55. The molecule has 3 N–H and O–H groups in total. The molecule has 0 aromatic heterocycles. The van der Waals surface area contributed by atoms with Crippen molar-refractivity contribution in [1.82, 2.24) is 5.32 Å². The van der Waals surface area contributed by atoms with Crippen molar-refractivity contribution in [3.8, 4) is 5.75 Å². The Balaban J connectivity index is 2.01. The molecule has 0 radical (unpaired) electrons. The van der Waals surface area contributed by atoms with Crippen molar-refractivity contribution in [2.75, 3.05) is 0 Å². The van der Waals surface area contributed by atoms with Crippen LogP contribution in [0.4, 0.5) is 0 Å². The molecule has 1 fully saturated rings. The van der Waals surface area contributed by atoms with Gasteiger partial charge in [0.1, 0.15) is 5.75 Å². The Kier molecular flexibility index (Phi) is 5.23. The summed E-state index contributed by atoms with van der Waals surface area (Å²) >= 11 is 0. The fourth-order valence-electron chi connectivity index (χ4n) is 2.76. The number of carbonyl (C=O) groups is 1. The second-order valence-electron chi connectivity index (χ2n) is 6.08. The van der Waals surface area contributed by atoms with Crippen molar-refractivity contribution in [3.05, 3.63) is 29.3 Å². The third kappa shape index (κ3) is 4.21. The lowest BCUT2D eigenvalue weighted by Gasteiger charge is -2.21. The third-order valence-corrected chi connectivity index (χ3v) is 4.03. The molecule has 0 spiro atoms. The molecule has 21 heavy (non-hydrogen) atoms. The first-order valence-electron chi connectivity index (χ1n) is 7.80. The predicted octanol–water partition coefficient (Wildman–Crippen LogP) is 2.84. The van der Waals surface area contributed by atoms with Gasteiger partial charge in [-0.2, -0.15) is 0 Å². The summed E-state index contributed by atoms with van der Waals surface area (Å²) in [6.07, 6.45) is 4.05. The molecule has 1 saturated carbocycles. The van der Waals surface area contributed by atoms with Crippen molar-refractivity contribution in [3.63, 3.8) is 0 Å². The van der Waals surface area contributed by atoms with E-state index in [1.54, 1.807) is 6.92 Å². The van der Waals surface area contributed by atoms with Crippen LogP contribution in [0, 0.1) is 6.92 Å². The van der Waals surface area contributed by atoms with E-state index in [-0.39, 0.29) is 11.9 Å². The van der Waals surface area contributed by atoms with E-state index in [1.807, 2.05) is 32.0 Å². The maximum atomic E-state index is 12.2. The van der Waals surface area contributed by atoms with Gasteiger partial charge in [0, 0.05) is 17.6 Å². The van der Waals surface area contributed by atoms with E-state index in [4.69, 9.17) is 10.5 Å². The summed E-state index contributed by atoms with van der Waals surface area (Å²) in [6, 6.07) is 6.08. The summed E-state index contributed by atoms with van der Waals surface area (Å²) in [5, 5.41) is 3.06. The van der Waals surface area contributed by atoms with Crippen LogP contribution < -0.4 is 15.8 Å². The lowest BCUT2D eigenvalue weighted by Crippen LogP contribution is -2.41.